The van der Waals surface area contributed by atoms with Gasteiger partial charge in [0.25, 0.3) is 0 Å². The average molecular weight is 462 g/mol. The lowest BCUT2D eigenvalue weighted by molar-refractivity contribution is 1.29. The van der Waals surface area contributed by atoms with Gasteiger partial charge in [-0.25, -0.2) is 0 Å². The Morgan fingerprint density at radius 3 is 1.17 bits per heavy atom. The molecule has 0 saturated carbocycles. The van der Waals surface area contributed by atoms with Crippen LogP contribution in [0.15, 0.2) is 0 Å². The molecule has 0 aliphatic rings. The highest BCUT2D eigenvalue weighted by atomic mass is 79.9. The Labute approximate surface area is 109 Å². The van der Waals surface area contributed by atoms with Gasteiger partial charge in [-0.15, -0.1) is 61.2 Å². The van der Waals surface area contributed by atoms with Crippen LogP contribution >= 0.6 is 61.2 Å². The molecular formula is C6H14Br4Si2. The number of hydrogen-bond donors (Lipinski definition) is 0. The van der Waals surface area contributed by atoms with Gasteiger partial charge < -0.3 is 0 Å². The van der Waals surface area contributed by atoms with Crippen molar-refractivity contribution < 1.29 is 0 Å². The minimum absolute atomic E-state index is 1.20. The fourth-order valence-electron chi connectivity index (χ4n) is 0.719. The number of rotatable bonds is 5. The molecule has 0 bridgehead atoms. The molecule has 0 aliphatic carbocycles. The maximum Gasteiger partial charge on any atom is 0.200 e. The Hall–Kier alpha value is 2.35. The van der Waals surface area contributed by atoms with E-state index in [1.165, 1.54) is 24.2 Å². The first-order chi connectivity index (χ1) is 5.33. The molecule has 74 valence electrons. The molecule has 0 N–H and O–H groups in total. The molecule has 0 heterocycles. The van der Waals surface area contributed by atoms with Gasteiger partial charge in [0.2, 0.25) is 10.6 Å². The van der Waals surface area contributed by atoms with E-state index in [4.69, 9.17) is 0 Å². The highest BCUT2D eigenvalue weighted by Gasteiger charge is 2.31. The van der Waals surface area contributed by atoms with E-state index in [0.717, 1.165) is 0 Å². The van der Waals surface area contributed by atoms with Crippen LogP contribution in [0, 0.1) is 0 Å². The average Bonchev–Trinajstić information content (AvgIpc) is 2.02. The topological polar surface area (TPSA) is 0 Å². The second-order valence-electron chi connectivity index (χ2n) is 2.92. The van der Waals surface area contributed by atoms with Crippen molar-refractivity contribution in [3.8, 4) is 0 Å². The molecule has 0 amide bonds. The van der Waals surface area contributed by atoms with Crippen LogP contribution < -0.4 is 0 Å². The first kappa shape index (κ1) is 14.4. The summed E-state index contributed by atoms with van der Waals surface area (Å²) in [5.74, 6) is 0. The second-order valence-corrected chi connectivity index (χ2v) is 33.4. The van der Waals surface area contributed by atoms with Gasteiger partial charge in [0.1, 0.15) is 0 Å². The zero-order chi connectivity index (χ0) is 9.83. The van der Waals surface area contributed by atoms with Crippen LogP contribution in [0.3, 0.4) is 0 Å². The Balaban J connectivity index is 3.82. The summed E-state index contributed by atoms with van der Waals surface area (Å²) in [4.78, 5) is 0. The van der Waals surface area contributed by atoms with E-state index in [1.54, 1.807) is 0 Å². The zero-order valence-corrected chi connectivity index (χ0v) is 15.7. The highest BCUT2D eigenvalue weighted by Crippen LogP contribution is 2.38. The van der Waals surface area contributed by atoms with Gasteiger partial charge in [0.05, 0.1) is 0 Å². The van der Waals surface area contributed by atoms with E-state index in [-0.39, 0.29) is 0 Å². The summed E-state index contributed by atoms with van der Waals surface area (Å²) in [5, 5.41) is -2.41. The lowest BCUT2D eigenvalue weighted by Crippen LogP contribution is -2.22. The van der Waals surface area contributed by atoms with E-state index < -0.39 is 10.6 Å². The van der Waals surface area contributed by atoms with Crippen molar-refractivity contribution >= 4 is 71.8 Å². The smallest absolute Gasteiger partial charge is 0.111 e. The van der Waals surface area contributed by atoms with E-state index in [1.807, 2.05) is 0 Å². The molecule has 0 atom stereocenters. The largest absolute Gasteiger partial charge is 0.200 e. The SMILES string of the molecule is CC[Si](Br)(Br)CC[Si](Br)(Br)CC. The van der Waals surface area contributed by atoms with Gasteiger partial charge in [0.15, 0.2) is 0 Å². The molecule has 6 heteroatoms. The molecule has 0 nitrogen and oxygen atoms in total. The second kappa shape index (κ2) is 6.05. The van der Waals surface area contributed by atoms with Crippen LogP contribution in [0.2, 0.25) is 24.2 Å². The van der Waals surface area contributed by atoms with Crippen molar-refractivity contribution in [1.29, 1.82) is 0 Å². The first-order valence-electron chi connectivity index (χ1n) is 4.08. The molecule has 0 radical (unpaired) electrons. The maximum atomic E-state index is 3.80. The molecule has 0 spiro atoms. The van der Waals surface area contributed by atoms with Crippen molar-refractivity contribution in [3.63, 3.8) is 0 Å². The Morgan fingerprint density at radius 1 is 0.750 bits per heavy atom. The molecule has 0 aliphatic heterocycles. The quantitative estimate of drug-likeness (QED) is 0.375. The van der Waals surface area contributed by atoms with Crippen LogP contribution in [0.4, 0.5) is 0 Å². The van der Waals surface area contributed by atoms with Gasteiger partial charge in [0, 0.05) is 0 Å². The van der Waals surface area contributed by atoms with Crippen molar-refractivity contribution in [1.82, 2.24) is 0 Å². The predicted octanol–water partition coefficient (Wildman–Crippen LogP) is 5.49. The lowest BCUT2D eigenvalue weighted by Gasteiger charge is -2.20. The molecule has 0 unspecified atom stereocenters. The van der Waals surface area contributed by atoms with Crippen LogP contribution in [0.1, 0.15) is 13.8 Å². The molecular weight excluding hydrogens is 448 g/mol. The fourth-order valence-corrected chi connectivity index (χ4v) is 11.5. The Bertz CT molecular complexity index is 122. The van der Waals surface area contributed by atoms with Gasteiger partial charge in [-0.1, -0.05) is 13.8 Å². The summed E-state index contributed by atoms with van der Waals surface area (Å²) >= 11 is 15.2. The third-order valence-electron chi connectivity index (χ3n) is 1.89. The summed E-state index contributed by atoms with van der Waals surface area (Å²) in [5.41, 5.74) is 0. The molecule has 0 aromatic carbocycles. The summed E-state index contributed by atoms with van der Waals surface area (Å²) in [6.45, 7) is 4.49. The van der Waals surface area contributed by atoms with E-state index >= 15 is 0 Å². The van der Waals surface area contributed by atoms with E-state index in [0.29, 0.717) is 0 Å². The molecule has 0 aromatic rings. The minimum atomic E-state index is -1.20. The van der Waals surface area contributed by atoms with E-state index in [9.17, 15) is 0 Å². The van der Waals surface area contributed by atoms with Gasteiger partial charge in [-0.2, -0.15) is 0 Å². The third kappa shape index (κ3) is 6.76. The summed E-state index contributed by atoms with van der Waals surface area (Å²) in [6, 6.07) is 5.11. The Morgan fingerprint density at radius 2 is 1.00 bits per heavy atom. The lowest BCUT2D eigenvalue weighted by atomic mass is 10.9. The van der Waals surface area contributed by atoms with Crippen LogP contribution in [0.5, 0.6) is 0 Å². The molecule has 0 saturated heterocycles. The predicted molar refractivity (Wildman–Crippen MR) is 77.8 cm³/mol. The number of hydrogen-bond acceptors (Lipinski definition) is 0. The summed E-state index contributed by atoms with van der Waals surface area (Å²) < 4.78 is 0. The van der Waals surface area contributed by atoms with Gasteiger partial charge in [-0.05, 0) is 24.2 Å². The van der Waals surface area contributed by atoms with Crippen molar-refractivity contribution in [2.45, 2.75) is 38.0 Å². The molecule has 0 aromatic heterocycles. The van der Waals surface area contributed by atoms with Crippen LogP contribution in [-0.2, 0) is 0 Å². The number of halogens is 4. The Kier molecular flexibility index (Phi) is 7.24. The first-order valence-corrected chi connectivity index (χ1v) is 17.9. The van der Waals surface area contributed by atoms with Crippen molar-refractivity contribution in [3.05, 3.63) is 0 Å². The van der Waals surface area contributed by atoms with Crippen LogP contribution in [-0.4, -0.2) is 10.6 Å². The van der Waals surface area contributed by atoms with Gasteiger partial charge >= 0.3 is 0 Å². The summed E-state index contributed by atoms with van der Waals surface area (Å²) in [6.07, 6.45) is 0. The molecule has 12 heavy (non-hydrogen) atoms. The highest BCUT2D eigenvalue weighted by molar-refractivity contribution is 9.51. The van der Waals surface area contributed by atoms with Crippen molar-refractivity contribution in [2.75, 3.05) is 0 Å². The van der Waals surface area contributed by atoms with Gasteiger partial charge in [-0.3, -0.25) is 0 Å². The molecule has 0 rings (SSSR count). The minimum Gasteiger partial charge on any atom is -0.111 e. The normalized spacial score (nSPS) is 13.5. The van der Waals surface area contributed by atoms with E-state index in [2.05, 4.69) is 75.0 Å². The standard InChI is InChI=1S/C6H14Br4Si2/c1-3-11(7,8)5-6-12(9,10)4-2/h3-6H2,1-2H3. The molecule has 0 fully saturated rings. The van der Waals surface area contributed by atoms with Crippen LogP contribution in [0.25, 0.3) is 0 Å². The third-order valence-corrected chi connectivity index (χ3v) is 17.9. The summed E-state index contributed by atoms with van der Waals surface area (Å²) in [7, 11) is 0. The fraction of sp³-hybridized carbons (Fsp3) is 1.00. The maximum absolute atomic E-state index is 3.80. The monoisotopic (exact) mass is 458 g/mol. The van der Waals surface area contributed by atoms with Crippen molar-refractivity contribution in [2.24, 2.45) is 0 Å². The zero-order valence-electron chi connectivity index (χ0n) is 7.34.